The molecule has 0 saturated carbocycles. The van der Waals surface area contributed by atoms with Crippen LogP contribution in [0.4, 0.5) is 5.69 Å². The molecule has 2 rings (SSSR count). The number of carbonyl (C=O) groups is 2. The fourth-order valence-electron chi connectivity index (χ4n) is 2.30. The van der Waals surface area contributed by atoms with E-state index >= 15 is 0 Å². The number of esters is 1. The highest BCUT2D eigenvalue weighted by molar-refractivity contribution is 7.89. The zero-order valence-electron chi connectivity index (χ0n) is 15.3. The Kier molecular flexibility index (Phi) is 6.96. The Morgan fingerprint density at radius 3 is 2.39 bits per heavy atom. The van der Waals surface area contributed by atoms with E-state index in [9.17, 15) is 18.0 Å². The van der Waals surface area contributed by atoms with Gasteiger partial charge in [-0.3, -0.25) is 9.59 Å². The van der Waals surface area contributed by atoms with Crippen LogP contribution in [0, 0.1) is 0 Å². The lowest BCUT2D eigenvalue weighted by Crippen LogP contribution is -2.22. The van der Waals surface area contributed by atoms with E-state index in [4.69, 9.17) is 19.3 Å². The van der Waals surface area contributed by atoms with Crippen LogP contribution in [-0.2, 0) is 30.8 Å². The predicted molar refractivity (Wildman–Crippen MR) is 101 cm³/mol. The summed E-state index contributed by atoms with van der Waals surface area (Å²) in [4.78, 5) is 23.7. The predicted octanol–water partition coefficient (Wildman–Crippen LogP) is 1.08. The smallest absolute Gasteiger partial charge is 0.310 e. The summed E-state index contributed by atoms with van der Waals surface area (Å²) in [5.74, 6) is -0.228. The molecule has 1 amide bonds. The molecule has 150 valence electrons. The van der Waals surface area contributed by atoms with Crippen LogP contribution in [0.25, 0.3) is 0 Å². The maximum Gasteiger partial charge on any atom is 0.310 e. The van der Waals surface area contributed by atoms with Crippen molar-refractivity contribution < 1.29 is 32.2 Å². The Labute approximate surface area is 162 Å². The van der Waals surface area contributed by atoms with Gasteiger partial charge in [-0.15, -0.1) is 0 Å². The van der Waals surface area contributed by atoms with Gasteiger partial charge < -0.3 is 19.5 Å². The molecule has 0 spiro atoms. The second-order valence-electron chi connectivity index (χ2n) is 5.65. The first-order valence-electron chi connectivity index (χ1n) is 8.02. The molecule has 0 aliphatic carbocycles. The Bertz CT molecular complexity index is 974. The van der Waals surface area contributed by atoms with Crippen LogP contribution in [0.2, 0.25) is 0 Å². The maximum atomic E-state index is 11.9. The van der Waals surface area contributed by atoms with Gasteiger partial charge >= 0.3 is 5.97 Å². The zero-order valence-corrected chi connectivity index (χ0v) is 16.1. The van der Waals surface area contributed by atoms with Crippen molar-refractivity contribution in [3.63, 3.8) is 0 Å². The van der Waals surface area contributed by atoms with Gasteiger partial charge in [-0.1, -0.05) is 12.1 Å². The summed E-state index contributed by atoms with van der Waals surface area (Å²) in [6.45, 7) is -0.522. The number of primary sulfonamides is 1. The summed E-state index contributed by atoms with van der Waals surface area (Å²) in [6.07, 6.45) is -0.0610. The molecule has 3 N–H and O–H groups in total. The lowest BCUT2D eigenvalue weighted by Gasteiger charge is -2.10. The number of benzene rings is 2. The molecule has 0 aromatic heterocycles. The fourth-order valence-corrected chi connectivity index (χ4v) is 2.86. The highest BCUT2D eigenvalue weighted by Gasteiger charge is 2.13. The van der Waals surface area contributed by atoms with Crippen molar-refractivity contribution in [2.24, 2.45) is 5.14 Å². The summed E-state index contributed by atoms with van der Waals surface area (Å²) in [5, 5.41) is 7.47. The monoisotopic (exact) mass is 408 g/mol. The molecule has 0 radical (unpaired) electrons. The average molecular weight is 408 g/mol. The Hall–Kier alpha value is -3.11. The van der Waals surface area contributed by atoms with E-state index in [0.29, 0.717) is 17.1 Å². The van der Waals surface area contributed by atoms with Crippen molar-refractivity contribution in [2.75, 3.05) is 26.1 Å². The minimum Gasteiger partial charge on any atom is -0.493 e. The lowest BCUT2D eigenvalue weighted by molar-refractivity contribution is -0.146. The van der Waals surface area contributed by atoms with Gasteiger partial charge in [0.05, 0.1) is 25.5 Å². The van der Waals surface area contributed by atoms with E-state index in [1.54, 1.807) is 18.2 Å². The molecule has 0 unspecified atom stereocenters. The topological polar surface area (TPSA) is 134 Å². The summed E-state index contributed by atoms with van der Waals surface area (Å²) in [6, 6.07) is 10.4. The number of amides is 1. The van der Waals surface area contributed by atoms with Crippen LogP contribution >= 0.6 is 0 Å². The quantitative estimate of drug-likeness (QED) is 0.624. The molecule has 28 heavy (non-hydrogen) atoms. The molecule has 2 aromatic carbocycles. The van der Waals surface area contributed by atoms with Gasteiger partial charge in [0.2, 0.25) is 10.0 Å². The van der Waals surface area contributed by atoms with Gasteiger partial charge in [-0.05, 0) is 35.9 Å². The minimum absolute atomic E-state index is 0.0610. The number of anilines is 1. The van der Waals surface area contributed by atoms with Gasteiger partial charge in [0, 0.05) is 5.69 Å². The summed E-state index contributed by atoms with van der Waals surface area (Å²) >= 11 is 0. The van der Waals surface area contributed by atoms with Crippen LogP contribution in [0.3, 0.4) is 0 Å². The van der Waals surface area contributed by atoms with Crippen LogP contribution in [0.15, 0.2) is 47.4 Å². The molecule has 0 bridgehead atoms. The van der Waals surface area contributed by atoms with Crippen LogP contribution in [0.1, 0.15) is 5.56 Å². The maximum absolute atomic E-state index is 11.9. The number of rotatable bonds is 8. The first kappa shape index (κ1) is 21.2. The molecule has 0 heterocycles. The van der Waals surface area contributed by atoms with Crippen molar-refractivity contribution in [1.29, 1.82) is 0 Å². The molecule has 10 heteroatoms. The number of methoxy groups -OCH3 is 2. The SMILES string of the molecule is COc1ccc(CC(=O)OCC(=O)Nc2cccc(S(N)(=O)=O)c2)cc1OC. The normalized spacial score (nSPS) is 10.8. The average Bonchev–Trinajstić information content (AvgIpc) is 2.66. The third-order valence-electron chi connectivity index (χ3n) is 3.61. The van der Waals surface area contributed by atoms with Gasteiger partial charge in [0.25, 0.3) is 5.91 Å². The van der Waals surface area contributed by atoms with Crippen molar-refractivity contribution in [3.05, 3.63) is 48.0 Å². The van der Waals surface area contributed by atoms with E-state index < -0.39 is 28.5 Å². The third kappa shape index (κ3) is 5.96. The second kappa shape index (κ2) is 9.20. The second-order valence-corrected chi connectivity index (χ2v) is 7.21. The highest BCUT2D eigenvalue weighted by atomic mass is 32.2. The van der Waals surface area contributed by atoms with E-state index in [1.165, 1.54) is 38.5 Å². The number of hydrogen-bond acceptors (Lipinski definition) is 7. The van der Waals surface area contributed by atoms with Crippen LogP contribution in [-0.4, -0.2) is 41.1 Å². The van der Waals surface area contributed by atoms with Gasteiger partial charge in [-0.2, -0.15) is 0 Å². The first-order chi connectivity index (χ1) is 13.2. The Morgan fingerprint density at radius 1 is 1.04 bits per heavy atom. The number of nitrogens with two attached hydrogens (primary N) is 1. The molecular weight excluding hydrogens is 388 g/mol. The molecular formula is C18H20N2O7S. The van der Waals surface area contributed by atoms with Gasteiger partial charge in [0.15, 0.2) is 18.1 Å². The van der Waals surface area contributed by atoms with Crippen molar-refractivity contribution in [3.8, 4) is 11.5 Å². The minimum atomic E-state index is -3.89. The lowest BCUT2D eigenvalue weighted by atomic mass is 10.1. The van der Waals surface area contributed by atoms with Gasteiger partial charge in [0.1, 0.15) is 0 Å². The Morgan fingerprint density at radius 2 is 1.75 bits per heavy atom. The molecule has 2 aromatic rings. The number of sulfonamides is 1. The molecule has 0 saturated heterocycles. The Balaban J connectivity index is 1.90. The number of hydrogen-bond donors (Lipinski definition) is 2. The first-order valence-corrected chi connectivity index (χ1v) is 9.57. The van der Waals surface area contributed by atoms with E-state index in [2.05, 4.69) is 5.32 Å². The standard InChI is InChI=1S/C18H20N2O7S/c1-25-15-7-6-12(8-16(15)26-2)9-18(22)27-11-17(21)20-13-4-3-5-14(10-13)28(19,23)24/h3-8,10H,9,11H2,1-2H3,(H,20,21)(H2,19,23,24). The van der Waals surface area contributed by atoms with Crippen molar-refractivity contribution in [1.82, 2.24) is 0 Å². The fraction of sp³-hybridized carbons (Fsp3) is 0.222. The van der Waals surface area contributed by atoms with Crippen LogP contribution in [0.5, 0.6) is 11.5 Å². The zero-order chi connectivity index (χ0) is 20.7. The largest absolute Gasteiger partial charge is 0.493 e. The summed E-state index contributed by atoms with van der Waals surface area (Å²) in [7, 11) is -0.904. The molecule has 0 aliphatic heterocycles. The number of ether oxygens (including phenoxy) is 3. The van der Waals surface area contributed by atoms with Crippen molar-refractivity contribution in [2.45, 2.75) is 11.3 Å². The summed E-state index contributed by atoms with van der Waals surface area (Å²) in [5.41, 5.74) is 0.844. The van der Waals surface area contributed by atoms with Gasteiger partial charge in [-0.25, -0.2) is 13.6 Å². The van der Waals surface area contributed by atoms with E-state index in [-0.39, 0.29) is 17.0 Å². The summed E-state index contributed by atoms with van der Waals surface area (Å²) < 4.78 is 37.9. The van der Waals surface area contributed by atoms with E-state index in [0.717, 1.165) is 0 Å². The van der Waals surface area contributed by atoms with Crippen molar-refractivity contribution >= 4 is 27.6 Å². The third-order valence-corrected chi connectivity index (χ3v) is 4.52. The molecule has 0 fully saturated rings. The number of carbonyl (C=O) groups excluding carboxylic acids is 2. The molecule has 0 atom stereocenters. The molecule has 9 nitrogen and oxygen atoms in total. The number of nitrogens with one attached hydrogen (secondary N) is 1. The molecule has 0 aliphatic rings. The highest BCUT2D eigenvalue weighted by Crippen LogP contribution is 2.27. The van der Waals surface area contributed by atoms with E-state index in [1.807, 2.05) is 0 Å². The van der Waals surface area contributed by atoms with Crippen LogP contribution < -0.4 is 19.9 Å².